The van der Waals surface area contributed by atoms with Gasteiger partial charge < -0.3 is 38.3 Å². The Labute approximate surface area is 486 Å². The largest absolute Gasteiger partial charge is 0.416 e. The standard InChI is InChI=1S/C21H42NO4PS.C14H30O2SSi.C12H28ClN2P.C7H14O2.2CH4O/c1-11-21(9,10)20(23)28-13-12-24-27(22(14(2)3)15(4)5)26-19-16(6)17(7)25-18(19)8;1-9-10-17-12(15)14(5,6)11-16-18(7,8)13(2,3)4;1-9(2)14(10(3)4)16(13)15(11(5)6)12(7)8;1-4-5(2)9-6(3)7(4)8;2*1-2/h14-19H,11-13H2,1-10H3;9-11H2,1-8H3;9-12H,1-8H3;4-8H,1-3H3;2*2H,1H3/i8D;;;3D;2*2T. The van der Waals surface area contributed by atoms with E-state index >= 15 is 0 Å². The van der Waals surface area contributed by atoms with Crippen LogP contribution in [0.3, 0.4) is 0 Å². The average molecular weight is 1190 g/mol. The maximum Gasteiger partial charge on any atom is 0.259 e. The highest BCUT2D eigenvalue weighted by Crippen LogP contribution is 2.54. The molecule has 2 fully saturated rings. The third-order valence-corrected chi connectivity index (χ3v) is 26.4. The Balaban J connectivity index is -0.000000485. The van der Waals surface area contributed by atoms with Gasteiger partial charge in [-0.1, -0.05) is 97.1 Å². The summed E-state index contributed by atoms with van der Waals surface area (Å²) in [7, 11) is -1.21. The van der Waals surface area contributed by atoms with Gasteiger partial charge in [0.05, 0.1) is 48.6 Å². The third kappa shape index (κ3) is 30.2. The van der Waals surface area contributed by atoms with Crippen molar-refractivity contribution in [1.82, 2.24) is 14.0 Å². The van der Waals surface area contributed by atoms with Gasteiger partial charge in [-0.15, -0.1) is 0 Å². The minimum absolute atomic E-state index is 0.0724. The van der Waals surface area contributed by atoms with E-state index in [2.05, 4.69) is 155 Å². The average Bonchev–Trinajstić information content (AvgIpc) is 3.74. The molecular formula is C56H122ClN3O10P2S2Si. The van der Waals surface area contributed by atoms with E-state index in [-0.39, 0.29) is 94.3 Å². The van der Waals surface area contributed by atoms with Crippen LogP contribution in [0.15, 0.2) is 0 Å². The van der Waals surface area contributed by atoms with Gasteiger partial charge in [0.2, 0.25) is 2.86 Å². The number of carbonyl (C=O) groups is 2. The quantitative estimate of drug-likeness (QED) is 0.0505. The maximum atomic E-state index is 12.4. The van der Waals surface area contributed by atoms with Crippen LogP contribution in [-0.2, 0) is 32.5 Å². The normalized spacial score (nSPS) is 23.4. The summed E-state index contributed by atoms with van der Waals surface area (Å²) in [6.07, 6.45) is 0.968. The number of aliphatic hydroxyl groups excluding tert-OH is 3. The molecule has 2 heterocycles. The van der Waals surface area contributed by atoms with Crippen LogP contribution >= 0.6 is 50.9 Å². The van der Waals surface area contributed by atoms with Gasteiger partial charge in [0.1, 0.15) is 7.58 Å². The fourth-order valence-electron chi connectivity index (χ4n) is 7.26. The minimum atomic E-state index is -1.75. The minimum Gasteiger partial charge on any atom is -0.416 e. The van der Waals surface area contributed by atoms with E-state index < -0.39 is 30.5 Å². The molecule has 75 heavy (non-hydrogen) atoms. The van der Waals surface area contributed by atoms with Crippen LogP contribution < -0.4 is 0 Å². The number of halogens is 1. The van der Waals surface area contributed by atoms with Crippen molar-refractivity contribution < 1.29 is 50.6 Å². The number of thioether (sulfide) groups is 2. The molecule has 13 nitrogen and oxygen atoms in total. The molecule has 9 unspecified atom stereocenters. The van der Waals surface area contributed by atoms with E-state index in [1.165, 1.54) is 37.7 Å². The molecule has 9 atom stereocenters. The summed E-state index contributed by atoms with van der Waals surface area (Å²) in [4.78, 5) is 24.5. The Hall–Kier alpha value is 0.967. The van der Waals surface area contributed by atoms with Gasteiger partial charge in [0.25, 0.3) is 8.53 Å². The molecule has 3 N–H and O–H groups in total. The Morgan fingerprint density at radius 3 is 1.41 bits per heavy atom. The number of nitrogens with zero attached hydrogens (tertiary/aromatic N) is 3. The van der Waals surface area contributed by atoms with Crippen LogP contribution in [0.4, 0.5) is 0 Å². The summed E-state index contributed by atoms with van der Waals surface area (Å²) in [6, 6.07) is 2.48. The van der Waals surface area contributed by atoms with Crippen LogP contribution in [0, 0.1) is 22.7 Å². The zero-order chi connectivity index (χ0) is 63.1. The first-order valence-corrected chi connectivity index (χ1v) is 35.7. The number of rotatable bonds is 23. The number of ether oxygens (including phenoxy) is 2. The smallest absolute Gasteiger partial charge is 0.259 e. The highest BCUT2D eigenvalue weighted by molar-refractivity contribution is 8.14. The molecule has 0 saturated carbocycles. The predicted octanol–water partition coefficient (Wildman–Crippen LogP) is 15.3. The van der Waals surface area contributed by atoms with E-state index in [1.54, 1.807) is 0 Å². The van der Waals surface area contributed by atoms with E-state index in [1.807, 2.05) is 55.4 Å². The van der Waals surface area contributed by atoms with Crippen LogP contribution in [0.1, 0.15) is 202 Å². The summed E-state index contributed by atoms with van der Waals surface area (Å²) in [5.74, 6) is 1.91. The lowest BCUT2D eigenvalue weighted by Crippen LogP contribution is -2.44. The molecule has 0 aromatic heterocycles. The van der Waals surface area contributed by atoms with Crippen molar-refractivity contribution in [2.24, 2.45) is 22.7 Å². The second kappa shape index (κ2) is 40.2. The van der Waals surface area contributed by atoms with Crippen molar-refractivity contribution in [2.75, 3.05) is 38.9 Å². The molecular weight excluding hydrogens is 1060 g/mol. The van der Waals surface area contributed by atoms with Crippen LogP contribution in [0.5, 0.6) is 0 Å². The van der Waals surface area contributed by atoms with Gasteiger partial charge in [0, 0.05) is 88.6 Å². The van der Waals surface area contributed by atoms with E-state index in [0.29, 0.717) is 43.1 Å². The molecule has 454 valence electrons. The molecule has 0 bridgehead atoms. The summed E-state index contributed by atoms with van der Waals surface area (Å²) >= 11 is 9.49. The number of carbonyl (C=O) groups excluding carboxylic acids is 2. The van der Waals surface area contributed by atoms with Gasteiger partial charge >= 0.3 is 0 Å². The number of hydrogen-bond acceptors (Lipinski definition) is 15. The zero-order valence-electron chi connectivity index (χ0n) is 57.3. The summed E-state index contributed by atoms with van der Waals surface area (Å²) in [5.41, 5.74) is -0.683. The Bertz CT molecular complexity index is 1530. The second-order valence-electron chi connectivity index (χ2n) is 24.0. The Morgan fingerprint density at radius 2 is 1.08 bits per heavy atom. The molecule has 2 aliphatic rings. The van der Waals surface area contributed by atoms with Gasteiger partial charge in [-0.25, -0.2) is 4.67 Å². The van der Waals surface area contributed by atoms with Crippen molar-refractivity contribution in [3.63, 3.8) is 0 Å². The van der Waals surface area contributed by atoms with Crippen molar-refractivity contribution >= 4 is 69.4 Å². The molecule has 0 radical (unpaired) electrons. The fraction of sp³-hybridized carbons (Fsp3) is 0.964. The molecule has 0 spiro atoms. The van der Waals surface area contributed by atoms with E-state index in [4.69, 9.17) is 39.8 Å². The molecule has 2 saturated heterocycles. The van der Waals surface area contributed by atoms with Crippen LogP contribution in [0.2, 0.25) is 18.1 Å². The van der Waals surface area contributed by atoms with Gasteiger partial charge in [0.15, 0.2) is 18.5 Å². The van der Waals surface area contributed by atoms with Crippen molar-refractivity contribution in [2.45, 2.75) is 291 Å². The summed E-state index contributed by atoms with van der Waals surface area (Å²) in [5, 5.41) is 17.0. The van der Waals surface area contributed by atoms with Crippen LogP contribution in [0.25, 0.3) is 0 Å². The molecule has 19 heteroatoms. The van der Waals surface area contributed by atoms with Gasteiger partial charge in [-0.05, 0) is 156 Å². The van der Waals surface area contributed by atoms with Gasteiger partial charge in [-0.2, -0.15) is 0 Å². The molecule has 2 aliphatic heterocycles. The summed E-state index contributed by atoms with van der Waals surface area (Å²) in [6.45, 7) is 58.9. The number of aliphatic hydroxyl groups is 3. The van der Waals surface area contributed by atoms with Crippen molar-refractivity contribution in [1.29, 1.82) is 2.86 Å². The second-order valence-corrected chi connectivity index (χ2v) is 34.7. The fourth-order valence-corrected chi connectivity index (χ4v) is 16.0. The number of hydrogen-bond donors (Lipinski definition) is 3. The third-order valence-electron chi connectivity index (χ3n) is 13.6. The lowest BCUT2D eigenvalue weighted by molar-refractivity contribution is -0.119. The first-order valence-electron chi connectivity index (χ1n) is 29.8. The topological polar surface area (TPSA) is 151 Å². The molecule has 0 aliphatic carbocycles. The highest BCUT2D eigenvalue weighted by atomic mass is 35.7. The lowest BCUT2D eigenvalue weighted by atomic mass is 9.92. The van der Waals surface area contributed by atoms with Crippen molar-refractivity contribution in [3.05, 3.63) is 0 Å². The first kappa shape index (κ1) is 74.0. The molecule has 0 aromatic rings. The van der Waals surface area contributed by atoms with Crippen molar-refractivity contribution in [3.8, 4) is 0 Å². The Kier molecular flexibility index (Phi) is 39.7. The Morgan fingerprint density at radius 1 is 0.693 bits per heavy atom. The molecule has 0 aromatic carbocycles. The molecule has 2 rings (SSSR count). The SMILES string of the molecule is CC(C)N(C(C)C)P(Cl)N(C(C)C)C(C)C.CCCSC(=O)C(C)(C)CO[Si](C)(C)C(C)(C)C.[2H]CC1OC(C)C(C)C1O.[2H]CC1OC(C)C(C)C1OP(OCCSC(=O)C(C)(C)CC)N(C(C)C)C(C)C.[3H]OC.[3H]OC. The lowest BCUT2D eigenvalue weighted by Gasteiger charge is -2.43. The zero-order valence-corrected chi connectivity index (χ0v) is 58.5. The predicted molar refractivity (Wildman–Crippen MR) is 334 cm³/mol. The highest BCUT2D eigenvalue weighted by Gasteiger charge is 2.43. The monoisotopic (exact) mass is 1190 g/mol. The molecule has 0 amide bonds. The first-order chi connectivity index (χ1) is 36.1. The van der Waals surface area contributed by atoms with Crippen LogP contribution in [-0.4, -0.2) is 163 Å². The van der Waals surface area contributed by atoms with Gasteiger partial charge in [-0.3, -0.25) is 18.9 Å². The maximum absolute atomic E-state index is 12.4. The van der Waals surface area contributed by atoms with E-state index in [0.717, 1.165) is 18.6 Å². The van der Waals surface area contributed by atoms with E-state index in [9.17, 15) is 14.7 Å². The summed E-state index contributed by atoms with van der Waals surface area (Å²) < 4.78 is 63.5.